The van der Waals surface area contributed by atoms with Gasteiger partial charge >= 0.3 is 0 Å². The molecule has 1 aromatic rings. The zero-order chi connectivity index (χ0) is 12.2. The monoisotopic (exact) mass is 261 g/mol. The summed E-state index contributed by atoms with van der Waals surface area (Å²) >= 11 is 4.26. The first-order valence-corrected chi connectivity index (χ1v) is 7.09. The first-order valence-electron chi connectivity index (χ1n) is 4.75. The number of hydrogen-bond donors (Lipinski definition) is 2. The van der Waals surface area contributed by atoms with Gasteiger partial charge in [-0.05, 0) is 24.6 Å². The normalized spacial score (nSPS) is 11.4. The van der Waals surface area contributed by atoms with Crippen LogP contribution in [0.4, 0.5) is 0 Å². The van der Waals surface area contributed by atoms with Crippen LogP contribution in [0.15, 0.2) is 23.1 Å². The molecule has 0 spiro atoms. The first kappa shape index (κ1) is 13.3. The van der Waals surface area contributed by atoms with E-state index in [2.05, 4.69) is 17.4 Å². The molecule has 0 fully saturated rings. The van der Waals surface area contributed by atoms with Crippen LogP contribution in [0, 0.1) is 6.92 Å². The zero-order valence-corrected chi connectivity index (χ0v) is 10.9. The van der Waals surface area contributed by atoms with Gasteiger partial charge in [-0.25, -0.2) is 13.1 Å². The number of benzene rings is 1. The molecule has 0 unspecified atom stereocenters. The van der Waals surface area contributed by atoms with Crippen molar-refractivity contribution in [2.75, 3.05) is 19.4 Å². The fourth-order valence-corrected chi connectivity index (χ4v) is 1.93. The molecule has 0 bridgehead atoms. The third-order valence-corrected chi connectivity index (χ3v) is 2.92. The molecule has 0 saturated carbocycles. The Balaban J connectivity index is 2.43. The van der Waals surface area contributed by atoms with E-state index in [0.29, 0.717) is 5.75 Å². The highest BCUT2D eigenvalue weighted by molar-refractivity contribution is 7.88. The molecule has 0 aliphatic rings. The number of nitrogens with one attached hydrogen (secondary N) is 1. The van der Waals surface area contributed by atoms with Crippen molar-refractivity contribution in [1.29, 1.82) is 0 Å². The Hall–Kier alpha value is -0.720. The van der Waals surface area contributed by atoms with Crippen LogP contribution < -0.4 is 9.46 Å². The van der Waals surface area contributed by atoms with Gasteiger partial charge in [0.2, 0.25) is 10.0 Å². The molecule has 4 nitrogen and oxygen atoms in total. The molecule has 0 saturated heterocycles. The Morgan fingerprint density at radius 1 is 1.44 bits per heavy atom. The highest BCUT2D eigenvalue weighted by Crippen LogP contribution is 2.23. The number of aryl methyl sites for hydroxylation is 1. The minimum absolute atomic E-state index is 0.250. The van der Waals surface area contributed by atoms with Gasteiger partial charge in [0.25, 0.3) is 0 Å². The highest BCUT2D eigenvalue weighted by atomic mass is 32.2. The van der Waals surface area contributed by atoms with Crippen LogP contribution in [-0.4, -0.2) is 27.8 Å². The zero-order valence-electron chi connectivity index (χ0n) is 9.23. The van der Waals surface area contributed by atoms with Crippen LogP contribution in [0.3, 0.4) is 0 Å². The Labute approximate surface area is 101 Å². The molecule has 0 radical (unpaired) electrons. The molecule has 90 valence electrons. The standard InChI is InChI=1S/C10H15NO3S2/c1-8-3-4-9(10(15)7-8)14-6-5-11-16(2,12)13/h3-4,7,11,15H,5-6H2,1-2H3. The highest BCUT2D eigenvalue weighted by Gasteiger charge is 2.02. The van der Waals surface area contributed by atoms with Crippen LogP contribution in [0.5, 0.6) is 5.75 Å². The van der Waals surface area contributed by atoms with Gasteiger partial charge in [-0.2, -0.15) is 0 Å². The molecular weight excluding hydrogens is 246 g/mol. The lowest BCUT2D eigenvalue weighted by Gasteiger charge is -2.09. The van der Waals surface area contributed by atoms with Crippen molar-refractivity contribution < 1.29 is 13.2 Å². The second kappa shape index (κ2) is 5.56. The molecule has 16 heavy (non-hydrogen) atoms. The van der Waals surface area contributed by atoms with E-state index in [0.717, 1.165) is 16.7 Å². The lowest BCUT2D eigenvalue weighted by Crippen LogP contribution is -2.26. The summed E-state index contributed by atoms with van der Waals surface area (Å²) in [5.74, 6) is 0.657. The van der Waals surface area contributed by atoms with Gasteiger partial charge in [0.05, 0.1) is 6.26 Å². The van der Waals surface area contributed by atoms with Gasteiger partial charge in [0.1, 0.15) is 12.4 Å². The third kappa shape index (κ3) is 4.87. The quantitative estimate of drug-likeness (QED) is 0.619. The smallest absolute Gasteiger partial charge is 0.208 e. The average molecular weight is 261 g/mol. The van der Waals surface area contributed by atoms with Crippen molar-refractivity contribution in [3.8, 4) is 5.75 Å². The fourth-order valence-electron chi connectivity index (χ4n) is 1.14. The largest absolute Gasteiger partial charge is 0.491 e. The van der Waals surface area contributed by atoms with E-state index < -0.39 is 10.0 Å². The molecule has 1 rings (SSSR count). The Bertz CT molecular complexity index is 457. The Morgan fingerprint density at radius 3 is 2.69 bits per heavy atom. The number of rotatable bonds is 5. The lowest BCUT2D eigenvalue weighted by atomic mass is 10.2. The average Bonchev–Trinajstić information content (AvgIpc) is 2.13. The van der Waals surface area contributed by atoms with Crippen LogP contribution in [-0.2, 0) is 10.0 Å². The molecule has 0 heterocycles. The summed E-state index contributed by atoms with van der Waals surface area (Å²) in [6.45, 7) is 2.50. The van der Waals surface area contributed by atoms with Crippen LogP contribution in [0.2, 0.25) is 0 Å². The van der Waals surface area contributed by atoms with E-state index in [9.17, 15) is 8.42 Å². The van der Waals surface area contributed by atoms with Crippen molar-refractivity contribution >= 4 is 22.7 Å². The minimum Gasteiger partial charge on any atom is -0.491 e. The fraction of sp³-hybridized carbons (Fsp3) is 0.400. The Kier molecular flexibility index (Phi) is 4.64. The summed E-state index contributed by atoms with van der Waals surface area (Å²) in [5.41, 5.74) is 1.10. The molecule has 0 atom stereocenters. The van der Waals surface area contributed by atoms with Crippen molar-refractivity contribution in [2.24, 2.45) is 0 Å². The van der Waals surface area contributed by atoms with E-state index in [1.807, 2.05) is 25.1 Å². The van der Waals surface area contributed by atoms with Crippen molar-refractivity contribution in [3.63, 3.8) is 0 Å². The maximum absolute atomic E-state index is 10.8. The van der Waals surface area contributed by atoms with Gasteiger partial charge in [-0.1, -0.05) is 6.07 Å². The van der Waals surface area contributed by atoms with Crippen molar-refractivity contribution in [2.45, 2.75) is 11.8 Å². The molecule has 6 heteroatoms. The number of sulfonamides is 1. The van der Waals surface area contributed by atoms with E-state index in [-0.39, 0.29) is 13.2 Å². The van der Waals surface area contributed by atoms with Gasteiger partial charge in [0.15, 0.2) is 0 Å². The van der Waals surface area contributed by atoms with Crippen molar-refractivity contribution in [1.82, 2.24) is 4.72 Å². The van der Waals surface area contributed by atoms with Gasteiger partial charge in [-0.15, -0.1) is 12.6 Å². The van der Waals surface area contributed by atoms with Gasteiger partial charge in [-0.3, -0.25) is 0 Å². The van der Waals surface area contributed by atoms with Gasteiger partial charge in [0, 0.05) is 11.4 Å². The van der Waals surface area contributed by atoms with E-state index in [4.69, 9.17) is 4.74 Å². The van der Waals surface area contributed by atoms with Crippen molar-refractivity contribution in [3.05, 3.63) is 23.8 Å². The number of ether oxygens (including phenoxy) is 1. The molecule has 1 N–H and O–H groups in total. The maximum atomic E-state index is 10.8. The molecule has 1 aromatic carbocycles. The summed E-state index contributed by atoms with van der Waals surface area (Å²) < 4.78 is 29.3. The van der Waals surface area contributed by atoms with Crippen LogP contribution in [0.25, 0.3) is 0 Å². The minimum atomic E-state index is -3.14. The number of hydrogen-bond acceptors (Lipinski definition) is 4. The molecule has 0 aromatic heterocycles. The molecular formula is C10H15NO3S2. The summed E-state index contributed by atoms with van der Waals surface area (Å²) in [4.78, 5) is 0.749. The second-order valence-electron chi connectivity index (χ2n) is 3.49. The second-order valence-corrected chi connectivity index (χ2v) is 5.80. The SMILES string of the molecule is Cc1ccc(OCCNS(C)(=O)=O)c(S)c1. The number of thiol groups is 1. The molecule has 0 aliphatic carbocycles. The summed E-state index contributed by atoms with van der Waals surface area (Å²) in [6.07, 6.45) is 1.11. The summed E-state index contributed by atoms with van der Waals surface area (Å²) in [5, 5.41) is 0. The van der Waals surface area contributed by atoms with Crippen LogP contribution >= 0.6 is 12.6 Å². The summed E-state index contributed by atoms with van der Waals surface area (Å²) in [7, 11) is -3.14. The predicted molar refractivity (Wildman–Crippen MR) is 66.8 cm³/mol. The topological polar surface area (TPSA) is 55.4 Å². The molecule has 0 amide bonds. The maximum Gasteiger partial charge on any atom is 0.208 e. The van der Waals surface area contributed by atoms with Crippen LogP contribution in [0.1, 0.15) is 5.56 Å². The lowest BCUT2D eigenvalue weighted by molar-refractivity contribution is 0.316. The summed E-state index contributed by atoms with van der Waals surface area (Å²) in [6, 6.07) is 5.62. The van der Waals surface area contributed by atoms with E-state index in [1.54, 1.807) is 0 Å². The van der Waals surface area contributed by atoms with Gasteiger partial charge < -0.3 is 4.74 Å². The Morgan fingerprint density at radius 2 is 2.12 bits per heavy atom. The molecule has 0 aliphatic heterocycles. The predicted octanol–water partition coefficient (Wildman–Crippen LogP) is 1.21. The van der Waals surface area contributed by atoms with E-state index >= 15 is 0 Å². The first-order chi connectivity index (χ1) is 7.38. The third-order valence-electron chi connectivity index (χ3n) is 1.84. The van der Waals surface area contributed by atoms with E-state index in [1.165, 1.54) is 0 Å².